The van der Waals surface area contributed by atoms with E-state index in [1.165, 1.54) is 5.32 Å². The third kappa shape index (κ3) is 1.49. The van der Waals surface area contributed by atoms with Crippen LogP contribution in [0.5, 0.6) is 0 Å². The highest BCUT2D eigenvalue weighted by molar-refractivity contribution is 6.22. The van der Waals surface area contributed by atoms with E-state index in [-0.39, 0.29) is 0 Å². The van der Waals surface area contributed by atoms with Crippen LogP contribution in [-0.4, -0.2) is 35.5 Å². The molecule has 9 heteroatoms. The fraction of sp³-hybridized carbons (Fsp3) is 1.00. The van der Waals surface area contributed by atoms with E-state index in [0.29, 0.717) is 0 Å². The molecule has 4 atom stereocenters. The molecule has 1 aliphatic carbocycles. The molecule has 0 unspecified atom stereocenters. The van der Waals surface area contributed by atoms with Crippen molar-refractivity contribution in [3.8, 4) is 0 Å². The van der Waals surface area contributed by atoms with Gasteiger partial charge in [0.15, 0.2) is 0 Å². The van der Waals surface area contributed by atoms with Gasteiger partial charge in [-0.15, -0.1) is 11.6 Å². The lowest BCUT2D eigenvalue weighted by Crippen LogP contribution is -2.70. The molecule has 2 bridgehead atoms. The molecule has 1 aliphatic heterocycles. The van der Waals surface area contributed by atoms with Crippen molar-refractivity contribution in [1.82, 2.24) is 5.32 Å². The van der Waals surface area contributed by atoms with Crippen LogP contribution < -0.4 is 5.32 Å². The summed E-state index contributed by atoms with van der Waals surface area (Å²) in [6.07, 6.45) is -13.7. The maximum atomic E-state index is 13.1. The number of hydrogen-bond donors (Lipinski definition) is 1. The molecule has 17 heavy (non-hydrogen) atoms. The SMILES string of the molecule is F[C@@H]1C[C@@H]2[C@H](Cl)[C@@H]1NC2(C(F)(F)F)C(F)(F)F. The summed E-state index contributed by atoms with van der Waals surface area (Å²) in [5.41, 5.74) is -4.08. The highest BCUT2D eigenvalue weighted by Gasteiger charge is 2.81. The predicted octanol–water partition coefficient (Wildman–Crippen LogP) is 2.79. The monoisotopic (exact) mass is 285 g/mol. The average molecular weight is 286 g/mol. The third-order valence-corrected chi connectivity index (χ3v) is 4.02. The van der Waals surface area contributed by atoms with Crippen molar-refractivity contribution < 1.29 is 30.7 Å². The van der Waals surface area contributed by atoms with Gasteiger partial charge in [0.1, 0.15) is 6.17 Å². The molecule has 0 amide bonds. The lowest BCUT2D eigenvalue weighted by molar-refractivity contribution is -0.320. The van der Waals surface area contributed by atoms with Gasteiger partial charge in [-0.05, 0) is 6.42 Å². The van der Waals surface area contributed by atoms with Crippen LogP contribution in [0.1, 0.15) is 6.42 Å². The van der Waals surface area contributed by atoms with Crippen LogP contribution in [0, 0.1) is 5.92 Å². The Bertz CT molecular complexity index is 311. The predicted molar refractivity (Wildman–Crippen MR) is 44.4 cm³/mol. The van der Waals surface area contributed by atoms with Crippen LogP contribution in [0.2, 0.25) is 0 Å². The first kappa shape index (κ1) is 13.2. The Morgan fingerprint density at radius 3 is 1.76 bits per heavy atom. The van der Waals surface area contributed by atoms with E-state index in [0.717, 1.165) is 0 Å². The summed E-state index contributed by atoms with van der Waals surface area (Å²) in [5.74, 6) is -2.02. The van der Waals surface area contributed by atoms with Gasteiger partial charge in [0.05, 0.1) is 11.4 Å². The second-order valence-corrected chi connectivity index (χ2v) is 4.78. The molecule has 0 aromatic carbocycles. The minimum atomic E-state index is -5.56. The fourth-order valence-corrected chi connectivity index (χ4v) is 3.18. The quantitative estimate of drug-likeness (QED) is 0.533. The van der Waals surface area contributed by atoms with Gasteiger partial charge in [-0.1, -0.05) is 0 Å². The van der Waals surface area contributed by atoms with Crippen LogP contribution in [0.15, 0.2) is 0 Å². The highest BCUT2D eigenvalue weighted by Crippen LogP contribution is 2.58. The van der Waals surface area contributed by atoms with Gasteiger partial charge in [0.25, 0.3) is 0 Å². The first-order chi connectivity index (χ1) is 7.52. The van der Waals surface area contributed by atoms with Crippen molar-refractivity contribution in [2.75, 3.05) is 0 Å². The number of halogens is 8. The Morgan fingerprint density at radius 1 is 1.06 bits per heavy atom. The second-order valence-electron chi connectivity index (χ2n) is 4.28. The van der Waals surface area contributed by atoms with Crippen molar-refractivity contribution in [3.63, 3.8) is 0 Å². The van der Waals surface area contributed by atoms with Crippen LogP contribution in [0.3, 0.4) is 0 Å². The van der Waals surface area contributed by atoms with Gasteiger partial charge in [-0.2, -0.15) is 26.3 Å². The fourth-order valence-electron chi connectivity index (χ4n) is 2.67. The molecule has 2 fully saturated rings. The number of rotatable bonds is 0. The van der Waals surface area contributed by atoms with Gasteiger partial charge >= 0.3 is 12.4 Å². The molecule has 0 aromatic heterocycles. The van der Waals surface area contributed by atoms with Crippen LogP contribution in [-0.2, 0) is 0 Å². The van der Waals surface area contributed by atoms with Crippen LogP contribution in [0.4, 0.5) is 30.7 Å². The Hall–Kier alpha value is -0.240. The largest absolute Gasteiger partial charge is 0.415 e. The number of nitrogens with one attached hydrogen (secondary N) is 1. The summed E-state index contributed by atoms with van der Waals surface area (Å²) in [7, 11) is 0. The molecule has 2 aliphatic rings. The molecule has 1 N–H and O–H groups in total. The van der Waals surface area contributed by atoms with E-state index in [9.17, 15) is 30.7 Å². The van der Waals surface area contributed by atoms with Gasteiger partial charge in [-0.25, -0.2) is 4.39 Å². The van der Waals surface area contributed by atoms with Gasteiger partial charge in [0, 0.05) is 5.92 Å². The van der Waals surface area contributed by atoms with E-state index in [1.807, 2.05) is 0 Å². The van der Waals surface area contributed by atoms with E-state index >= 15 is 0 Å². The number of hydrogen-bond acceptors (Lipinski definition) is 1. The van der Waals surface area contributed by atoms with Crippen LogP contribution in [0.25, 0.3) is 0 Å². The molecule has 0 spiro atoms. The summed E-state index contributed by atoms with van der Waals surface area (Å²) in [6.45, 7) is 0. The lowest BCUT2D eigenvalue weighted by atomic mass is 9.82. The molecule has 100 valence electrons. The summed E-state index contributed by atoms with van der Waals surface area (Å²) >= 11 is 5.46. The van der Waals surface area contributed by atoms with Crippen molar-refractivity contribution in [2.24, 2.45) is 5.92 Å². The topological polar surface area (TPSA) is 12.0 Å². The molecule has 0 aromatic rings. The van der Waals surface area contributed by atoms with Gasteiger partial charge < -0.3 is 0 Å². The Morgan fingerprint density at radius 2 is 1.53 bits per heavy atom. The zero-order valence-corrected chi connectivity index (χ0v) is 8.80. The normalized spacial score (nSPS) is 40.9. The van der Waals surface area contributed by atoms with Gasteiger partial charge in [-0.3, -0.25) is 5.32 Å². The molecular weight excluding hydrogens is 279 g/mol. The van der Waals surface area contributed by atoms with E-state index in [2.05, 4.69) is 0 Å². The zero-order valence-electron chi connectivity index (χ0n) is 8.04. The molecule has 0 radical (unpaired) electrons. The number of fused-ring (bicyclic) bond motifs is 2. The number of piperidine rings is 1. The van der Waals surface area contributed by atoms with E-state index < -0.39 is 47.8 Å². The Labute approximate surface area is 96.3 Å². The van der Waals surface area contributed by atoms with Crippen molar-refractivity contribution in [2.45, 2.75) is 41.9 Å². The maximum absolute atomic E-state index is 13.1. The molecule has 1 saturated carbocycles. The second kappa shape index (κ2) is 3.40. The Balaban J connectivity index is 2.48. The highest BCUT2D eigenvalue weighted by atomic mass is 35.5. The summed E-state index contributed by atoms with van der Waals surface area (Å²) in [4.78, 5) is 0. The smallest absolute Gasteiger partial charge is 0.289 e. The number of alkyl halides is 8. The standard InChI is InChI=1S/C8H7ClF7N/c9-4-2-1-3(10)5(4)17-6(2,7(11,12)13)8(14,15)16/h2-5,17H,1H2/t2-,3-,4+,5-/m1/s1. The van der Waals surface area contributed by atoms with Crippen molar-refractivity contribution in [3.05, 3.63) is 0 Å². The van der Waals surface area contributed by atoms with Crippen molar-refractivity contribution >= 4 is 11.6 Å². The summed E-state index contributed by atoms with van der Waals surface area (Å²) < 4.78 is 89.3. The molecule has 2 rings (SSSR count). The Kier molecular flexibility index (Phi) is 2.64. The van der Waals surface area contributed by atoms with Gasteiger partial charge in [0.2, 0.25) is 5.54 Å². The summed E-state index contributed by atoms with van der Waals surface area (Å²) in [6, 6.07) is -1.61. The van der Waals surface area contributed by atoms with E-state index in [1.54, 1.807) is 0 Å². The average Bonchev–Trinajstić information content (AvgIpc) is 2.53. The lowest BCUT2D eigenvalue weighted by Gasteiger charge is -2.41. The molecule has 1 nitrogen and oxygen atoms in total. The minimum absolute atomic E-state index is 0.829. The first-order valence-electron chi connectivity index (χ1n) is 4.71. The molecular formula is C8H7ClF7N. The third-order valence-electron chi connectivity index (χ3n) is 3.44. The summed E-state index contributed by atoms with van der Waals surface area (Å²) in [5, 5.41) is -0.180. The van der Waals surface area contributed by atoms with E-state index in [4.69, 9.17) is 11.6 Å². The minimum Gasteiger partial charge on any atom is -0.289 e. The first-order valence-corrected chi connectivity index (χ1v) is 5.15. The molecule has 1 saturated heterocycles. The van der Waals surface area contributed by atoms with Crippen LogP contribution >= 0.6 is 11.6 Å². The maximum Gasteiger partial charge on any atom is 0.415 e. The zero-order chi connectivity index (χ0) is 13.2. The van der Waals surface area contributed by atoms with Crippen molar-refractivity contribution in [1.29, 1.82) is 0 Å². The molecule has 1 heterocycles.